The highest BCUT2D eigenvalue weighted by atomic mass is 16.5. The first-order chi connectivity index (χ1) is 8.24. The van der Waals surface area contributed by atoms with Gasteiger partial charge >= 0.3 is 0 Å². The molecule has 0 spiro atoms. The van der Waals surface area contributed by atoms with Gasteiger partial charge in [0.05, 0.1) is 12.5 Å². The van der Waals surface area contributed by atoms with E-state index in [4.69, 9.17) is 10.3 Å². The Bertz CT molecular complexity index is 472. The summed E-state index contributed by atoms with van der Waals surface area (Å²) in [6, 6.07) is 0. The maximum Gasteiger partial charge on any atom is 0.227 e. The summed E-state index contributed by atoms with van der Waals surface area (Å²) in [5.41, 5.74) is 6.50. The van der Waals surface area contributed by atoms with Crippen molar-refractivity contribution in [1.29, 1.82) is 0 Å². The SMILES string of the molecule is CCC(CN)Cc1nc(-c2cncn2C)no1. The molecular formula is C11H17N5O. The molecule has 0 fully saturated rings. The molecule has 2 heterocycles. The first kappa shape index (κ1) is 11.8. The minimum atomic E-state index is 0.398. The summed E-state index contributed by atoms with van der Waals surface area (Å²) >= 11 is 0. The molecule has 0 saturated heterocycles. The van der Waals surface area contributed by atoms with E-state index < -0.39 is 0 Å². The predicted molar refractivity (Wildman–Crippen MR) is 63.0 cm³/mol. The van der Waals surface area contributed by atoms with E-state index in [1.54, 1.807) is 12.5 Å². The van der Waals surface area contributed by atoms with Gasteiger partial charge in [-0.1, -0.05) is 18.5 Å². The van der Waals surface area contributed by atoms with Gasteiger partial charge in [0, 0.05) is 13.5 Å². The zero-order valence-corrected chi connectivity index (χ0v) is 10.1. The summed E-state index contributed by atoms with van der Waals surface area (Å²) in [5.74, 6) is 1.61. The van der Waals surface area contributed by atoms with E-state index in [0.29, 0.717) is 24.2 Å². The molecule has 2 aromatic heterocycles. The van der Waals surface area contributed by atoms with E-state index >= 15 is 0 Å². The molecule has 92 valence electrons. The van der Waals surface area contributed by atoms with Gasteiger partial charge in [-0.2, -0.15) is 4.98 Å². The Balaban J connectivity index is 2.14. The van der Waals surface area contributed by atoms with Gasteiger partial charge in [0.1, 0.15) is 5.69 Å². The second-order valence-corrected chi connectivity index (χ2v) is 4.12. The largest absolute Gasteiger partial charge is 0.339 e. The summed E-state index contributed by atoms with van der Waals surface area (Å²) < 4.78 is 7.08. The third kappa shape index (κ3) is 2.52. The number of aromatic nitrogens is 4. The van der Waals surface area contributed by atoms with Crippen molar-refractivity contribution in [3.63, 3.8) is 0 Å². The second-order valence-electron chi connectivity index (χ2n) is 4.12. The van der Waals surface area contributed by atoms with Crippen molar-refractivity contribution in [3.8, 4) is 11.5 Å². The average Bonchev–Trinajstić information content (AvgIpc) is 2.94. The zero-order valence-electron chi connectivity index (χ0n) is 10.1. The lowest BCUT2D eigenvalue weighted by molar-refractivity contribution is 0.350. The van der Waals surface area contributed by atoms with E-state index in [1.807, 2.05) is 11.6 Å². The molecular weight excluding hydrogens is 218 g/mol. The highest BCUT2D eigenvalue weighted by molar-refractivity contribution is 5.46. The van der Waals surface area contributed by atoms with Gasteiger partial charge in [0.2, 0.25) is 11.7 Å². The monoisotopic (exact) mass is 235 g/mol. The van der Waals surface area contributed by atoms with Crippen LogP contribution in [0.1, 0.15) is 19.2 Å². The molecule has 0 aliphatic rings. The quantitative estimate of drug-likeness (QED) is 0.835. The van der Waals surface area contributed by atoms with Crippen LogP contribution in [-0.2, 0) is 13.5 Å². The maximum atomic E-state index is 5.65. The van der Waals surface area contributed by atoms with Crippen LogP contribution in [0.15, 0.2) is 17.0 Å². The molecule has 0 aliphatic heterocycles. The summed E-state index contributed by atoms with van der Waals surface area (Å²) in [5, 5.41) is 3.95. The van der Waals surface area contributed by atoms with Crippen molar-refractivity contribution < 1.29 is 4.52 Å². The van der Waals surface area contributed by atoms with Crippen LogP contribution >= 0.6 is 0 Å². The molecule has 2 N–H and O–H groups in total. The molecule has 0 saturated carbocycles. The van der Waals surface area contributed by atoms with Gasteiger partial charge < -0.3 is 14.8 Å². The number of aryl methyl sites for hydroxylation is 1. The lowest BCUT2D eigenvalue weighted by atomic mass is 10.0. The van der Waals surface area contributed by atoms with Crippen molar-refractivity contribution >= 4 is 0 Å². The topological polar surface area (TPSA) is 82.8 Å². The molecule has 0 aliphatic carbocycles. The first-order valence-corrected chi connectivity index (χ1v) is 5.74. The number of nitrogens with two attached hydrogens (primary N) is 1. The normalized spacial score (nSPS) is 12.9. The van der Waals surface area contributed by atoms with Gasteiger partial charge in [0.25, 0.3) is 0 Å². The first-order valence-electron chi connectivity index (χ1n) is 5.74. The molecule has 2 rings (SSSR count). The van der Waals surface area contributed by atoms with Crippen molar-refractivity contribution in [3.05, 3.63) is 18.4 Å². The molecule has 6 heteroatoms. The molecule has 0 aromatic carbocycles. The van der Waals surface area contributed by atoms with Gasteiger partial charge in [0.15, 0.2) is 0 Å². The van der Waals surface area contributed by atoms with E-state index in [-0.39, 0.29) is 0 Å². The zero-order chi connectivity index (χ0) is 12.3. The van der Waals surface area contributed by atoms with Crippen LogP contribution in [0.4, 0.5) is 0 Å². The third-order valence-corrected chi connectivity index (χ3v) is 2.89. The van der Waals surface area contributed by atoms with Crippen LogP contribution < -0.4 is 5.73 Å². The van der Waals surface area contributed by atoms with Crippen LogP contribution in [0.3, 0.4) is 0 Å². The number of hydrogen-bond acceptors (Lipinski definition) is 5. The van der Waals surface area contributed by atoms with Crippen LogP contribution in [-0.4, -0.2) is 26.2 Å². The van der Waals surface area contributed by atoms with Crippen molar-refractivity contribution in [2.24, 2.45) is 18.7 Å². The highest BCUT2D eigenvalue weighted by Gasteiger charge is 2.14. The highest BCUT2D eigenvalue weighted by Crippen LogP contribution is 2.16. The fourth-order valence-electron chi connectivity index (χ4n) is 1.66. The summed E-state index contributed by atoms with van der Waals surface area (Å²) in [6.07, 6.45) is 5.17. The average molecular weight is 235 g/mol. The lowest BCUT2D eigenvalue weighted by Gasteiger charge is -2.07. The molecule has 6 nitrogen and oxygen atoms in total. The Kier molecular flexibility index (Phi) is 3.53. The summed E-state index contributed by atoms with van der Waals surface area (Å²) in [6.45, 7) is 2.75. The summed E-state index contributed by atoms with van der Waals surface area (Å²) in [4.78, 5) is 8.38. The molecule has 1 unspecified atom stereocenters. The van der Waals surface area contributed by atoms with Crippen LogP contribution in [0, 0.1) is 5.92 Å². The minimum Gasteiger partial charge on any atom is -0.339 e. The van der Waals surface area contributed by atoms with Gasteiger partial charge in [-0.3, -0.25) is 0 Å². The standard InChI is InChI=1S/C11H17N5O/c1-3-8(5-12)4-10-14-11(15-17-10)9-6-13-7-16(9)2/h6-8H,3-5,12H2,1-2H3. The van der Waals surface area contributed by atoms with Crippen molar-refractivity contribution in [2.75, 3.05) is 6.54 Å². The van der Waals surface area contributed by atoms with Gasteiger partial charge in [-0.25, -0.2) is 4.98 Å². The fourth-order valence-corrected chi connectivity index (χ4v) is 1.66. The van der Waals surface area contributed by atoms with E-state index in [1.165, 1.54) is 0 Å². The maximum absolute atomic E-state index is 5.65. The van der Waals surface area contributed by atoms with Gasteiger partial charge in [-0.15, -0.1) is 0 Å². The predicted octanol–water partition coefficient (Wildman–Crippen LogP) is 0.997. The smallest absolute Gasteiger partial charge is 0.227 e. The second kappa shape index (κ2) is 5.09. The van der Waals surface area contributed by atoms with Gasteiger partial charge in [-0.05, 0) is 12.5 Å². The molecule has 0 radical (unpaired) electrons. The Hall–Kier alpha value is -1.69. The van der Waals surface area contributed by atoms with E-state index in [0.717, 1.165) is 18.5 Å². The Morgan fingerprint density at radius 1 is 1.53 bits per heavy atom. The number of rotatable bonds is 5. The molecule has 2 aromatic rings. The molecule has 1 atom stereocenters. The minimum absolute atomic E-state index is 0.398. The third-order valence-electron chi connectivity index (χ3n) is 2.89. The van der Waals surface area contributed by atoms with Crippen LogP contribution in [0.2, 0.25) is 0 Å². The van der Waals surface area contributed by atoms with Crippen molar-refractivity contribution in [2.45, 2.75) is 19.8 Å². The number of imidazole rings is 1. The van der Waals surface area contributed by atoms with Crippen molar-refractivity contribution in [1.82, 2.24) is 19.7 Å². The Labute approximate surface area is 99.8 Å². The van der Waals surface area contributed by atoms with Crippen LogP contribution in [0.5, 0.6) is 0 Å². The molecule has 0 amide bonds. The number of hydrogen-bond donors (Lipinski definition) is 1. The molecule has 17 heavy (non-hydrogen) atoms. The molecule has 0 bridgehead atoms. The number of nitrogens with zero attached hydrogens (tertiary/aromatic N) is 4. The lowest BCUT2D eigenvalue weighted by Crippen LogP contribution is -2.15. The van der Waals surface area contributed by atoms with E-state index in [9.17, 15) is 0 Å². The van der Waals surface area contributed by atoms with E-state index in [2.05, 4.69) is 22.0 Å². The Morgan fingerprint density at radius 2 is 2.35 bits per heavy atom. The van der Waals surface area contributed by atoms with Crippen LogP contribution in [0.25, 0.3) is 11.5 Å². The fraction of sp³-hybridized carbons (Fsp3) is 0.545. The summed E-state index contributed by atoms with van der Waals surface area (Å²) in [7, 11) is 1.90. The Morgan fingerprint density at radius 3 is 2.94 bits per heavy atom.